The second-order valence-electron chi connectivity index (χ2n) is 3.89. The Balaban J connectivity index is 2.36. The smallest absolute Gasteiger partial charge is 0.0618 e. The lowest BCUT2D eigenvalue weighted by atomic mass is 10.0. The van der Waals surface area contributed by atoms with E-state index in [1.807, 2.05) is 23.7 Å². The van der Waals surface area contributed by atoms with Crippen molar-refractivity contribution in [2.24, 2.45) is 0 Å². The lowest BCUT2D eigenvalue weighted by Gasteiger charge is -2.16. The summed E-state index contributed by atoms with van der Waals surface area (Å²) in [6, 6.07) is 2.52. The highest BCUT2D eigenvalue weighted by Crippen LogP contribution is 2.30. The molecule has 0 saturated heterocycles. The van der Waals surface area contributed by atoms with Crippen molar-refractivity contribution in [2.45, 2.75) is 26.8 Å². The molecule has 0 amide bonds. The summed E-state index contributed by atoms with van der Waals surface area (Å²) in [5.74, 6) is 0. The van der Waals surface area contributed by atoms with E-state index in [9.17, 15) is 0 Å². The topological polar surface area (TPSA) is 40.7 Å². The van der Waals surface area contributed by atoms with Crippen LogP contribution in [0.15, 0.2) is 18.5 Å². The number of H-pyrrole nitrogens is 1. The van der Waals surface area contributed by atoms with Crippen molar-refractivity contribution in [3.05, 3.63) is 39.3 Å². The second kappa shape index (κ2) is 4.80. The zero-order chi connectivity index (χ0) is 11.5. The van der Waals surface area contributed by atoms with E-state index in [4.69, 9.17) is 0 Å². The Kier molecular flexibility index (Phi) is 3.41. The van der Waals surface area contributed by atoms with Gasteiger partial charge in [-0.15, -0.1) is 11.3 Å². The summed E-state index contributed by atoms with van der Waals surface area (Å²) in [5.41, 5.74) is 2.56. The normalized spacial score (nSPS) is 12.9. The molecule has 0 spiro atoms. The fraction of sp³-hybridized carbons (Fsp3) is 0.417. The summed E-state index contributed by atoms with van der Waals surface area (Å²) >= 11 is 1.85. The van der Waals surface area contributed by atoms with Gasteiger partial charge >= 0.3 is 0 Å². The maximum Gasteiger partial charge on any atom is 0.0618 e. The summed E-state index contributed by atoms with van der Waals surface area (Å²) in [6.07, 6.45) is 3.85. The third kappa shape index (κ3) is 2.18. The summed E-state index contributed by atoms with van der Waals surface area (Å²) in [4.78, 5) is 2.74. The van der Waals surface area contributed by atoms with E-state index in [0.717, 1.165) is 6.54 Å². The minimum atomic E-state index is 0.258. The van der Waals surface area contributed by atoms with E-state index in [1.54, 1.807) is 0 Å². The van der Waals surface area contributed by atoms with E-state index in [-0.39, 0.29) is 6.04 Å². The van der Waals surface area contributed by atoms with Crippen LogP contribution in [0.1, 0.15) is 33.8 Å². The minimum Gasteiger partial charge on any atom is -0.306 e. The molecule has 0 bridgehead atoms. The molecule has 1 unspecified atom stereocenters. The molecule has 0 aliphatic carbocycles. The van der Waals surface area contributed by atoms with Crippen LogP contribution in [0.2, 0.25) is 0 Å². The summed E-state index contributed by atoms with van der Waals surface area (Å²) in [5, 5.41) is 10.4. The number of nitrogens with zero attached hydrogens (tertiary/aromatic N) is 1. The van der Waals surface area contributed by atoms with E-state index in [0.29, 0.717) is 0 Å². The molecule has 0 radical (unpaired) electrons. The highest BCUT2D eigenvalue weighted by Gasteiger charge is 2.17. The van der Waals surface area contributed by atoms with Gasteiger partial charge < -0.3 is 5.32 Å². The van der Waals surface area contributed by atoms with Gasteiger partial charge in [0.15, 0.2) is 0 Å². The number of nitrogens with one attached hydrogen (secondary N) is 2. The van der Waals surface area contributed by atoms with Crippen molar-refractivity contribution < 1.29 is 0 Å². The number of hydrogen-bond acceptors (Lipinski definition) is 3. The predicted octanol–water partition coefficient (Wildman–Crippen LogP) is 2.79. The first kappa shape index (κ1) is 11.4. The molecule has 3 nitrogen and oxygen atoms in total. The van der Waals surface area contributed by atoms with E-state index < -0.39 is 0 Å². The van der Waals surface area contributed by atoms with Crippen molar-refractivity contribution in [3.8, 4) is 0 Å². The van der Waals surface area contributed by atoms with Crippen molar-refractivity contribution in [1.29, 1.82) is 0 Å². The fourth-order valence-electron chi connectivity index (χ4n) is 1.97. The van der Waals surface area contributed by atoms with Gasteiger partial charge in [0.25, 0.3) is 0 Å². The maximum atomic E-state index is 4.03. The molecule has 2 aromatic rings. The number of rotatable bonds is 4. The van der Waals surface area contributed by atoms with Gasteiger partial charge in [-0.05, 0) is 32.0 Å². The number of hydrogen-bond donors (Lipinski definition) is 2. The zero-order valence-corrected chi connectivity index (χ0v) is 10.7. The van der Waals surface area contributed by atoms with E-state index >= 15 is 0 Å². The van der Waals surface area contributed by atoms with Crippen LogP contribution in [0, 0.1) is 13.8 Å². The summed E-state index contributed by atoms with van der Waals surface area (Å²) < 4.78 is 0. The van der Waals surface area contributed by atoms with Crippen LogP contribution >= 0.6 is 11.3 Å². The lowest BCUT2D eigenvalue weighted by molar-refractivity contribution is 0.630. The van der Waals surface area contributed by atoms with Gasteiger partial charge in [-0.2, -0.15) is 5.10 Å². The van der Waals surface area contributed by atoms with Crippen LogP contribution in [0.25, 0.3) is 0 Å². The highest BCUT2D eigenvalue weighted by molar-refractivity contribution is 7.12. The molecule has 86 valence electrons. The third-order valence-electron chi connectivity index (χ3n) is 2.65. The Morgan fingerprint density at radius 2 is 2.31 bits per heavy atom. The number of thiophene rings is 1. The first-order chi connectivity index (χ1) is 7.72. The molecule has 0 fully saturated rings. The van der Waals surface area contributed by atoms with Gasteiger partial charge in [-0.25, -0.2) is 0 Å². The van der Waals surface area contributed by atoms with Gasteiger partial charge in [0.05, 0.1) is 12.2 Å². The standard InChI is InChI=1S/C12H17N3S/c1-4-13-12(10-6-14-15-7-10)11-5-8(2)16-9(11)3/h5-7,12-13H,4H2,1-3H3,(H,14,15). The summed E-state index contributed by atoms with van der Waals surface area (Å²) in [6.45, 7) is 7.41. The van der Waals surface area contributed by atoms with E-state index in [2.05, 4.69) is 42.4 Å². The average molecular weight is 235 g/mol. The van der Waals surface area contributed by atoms with Crippen LogP contribution in [0.5, 0.6) is 0 Å². The molecular weight excluding hydrogens is 218 g/mol. The quantitative estimate of drug-likeness (QED) is 0.855. The van der Waals surface area contributed by atoms with Gasteiger partial charge in [0, 0.05) is 21.5 Å². The van der Waals surface area contributed by atoms with Crippen molar-refractivity contribution in [1.82, 2.24) is 15.5 Å². The Bertz CT molecular complexity index is 445. The minimum absolute atomic E-state index is 0.258. The van der Waals surface area contributed by atoms with Gasteiger partial charge in [0.1, 0.15) is 0 Å². The van der Waals surface area contributed by atoms with Crippen LogP contribution < -0.4 is 5.32 Å². The molecule has 2 aromatic heterocycles. The average Bonchev–Trinajstić information content (AvgIpc) is 2.85. The number of aromatic amines is 1. The first-order valence-electron chi connectivity index (χ1n) is 5.51. The predicted molar refractivity (Wildman–Crippen MR) is 67.9 cm³/mol. The summed E-state index contributed by atoms with van der Waals surface area (Å²) in [7, 11) is 0. The molecule has 0 aliphatic rings. The van der Waals surface area contributed by atoms with Crippen LogP contribution in [-0.4, -0.2) is 16.7 Å². The molecule has 1 atom stereocenters. The Hall–Kier alpha value is -1.13. The number of aryl methyl sites for hydroxylation is 2. The Morgan fingerprint density at radius 1 is 1.50 bits per heavy atom. The monoisotopic (exact) mass is 235 g/mol. The van der Waals surface area contributed by atoms with Crippen molar-refractivity contribution in [2.75, 3.05) is 6.54 Å². The molecule has 0 saturated carbocycles. The van der Waals surface area contributed by atoms with Crippen molar-refractivity contribution >= 4 is 11.3 Å². The fourth-order valence-corrected chi connectivity index (χ4v) is 2.93. The molecular formula is C12H17N3S. The van der Waals surface area contributed by atoms with Crippen LogP contribution in [0.3, 0.4) is 0 Å². The maximum absolute atomic E-state index is 4.03. The number of aromatic nitrogens is 2. The molecule has 16 heavy (non-hydrogen) atoms. The molecule has 4 heteroatoms. The lowest BCUT2D eigenvalue weighted by Crippen LogP contribution is -2.21. The first-order valence-corrected chi connectivity index (χ1v) is 6.33. The molecule has 2 rings (SSSR count). The molecule has 0 aromatic carbocycles. The van der Waals surface area contributed by atoms with Crippen LogP contribution in [-0.2, 0) is 0 Å². The van der Waals surface area contributed by atoms with E-state index in [1.165, 1.54) is 20.9 Å². The van der Waals surface area contributed by atoms with Gasteiger partial charge in [-0.1, -0.05) is 6.92 Å². The molecule has 2 heterocycles. The van der Waals surface area contributed by atoms with Gasteiger partial charge in [-0.3, -0.25) is 5.10 Å². The SMILES string of the molecule is CCNC(c1cn[nH]c1)c1cc(C)sc1C. The van der Waals surface area contributed by atoms with Crippen LogP contribution in [0.4, 0.5) is 0 Å². The van der Waals surface area contributed by atoms with Crippen molar-refractivity contribution in [3.63, 3.8) is 0 Å². The molecule has 0 aliphatic heterocycles. The Morgan fingerprint density at radius 3 is 2.81 bits per heavy atom. The second-order valence-corrected chi connectivity index (χ2v) is 5.35. The highest BCUT2D eigenvalue weighted by atomic mass is 32.1. The molecule has 2 N–H and O–H groups in total. The van der Waals surface area contributed by atoms with Gasteiger partial charge in [0.2, 0.25) is 0 Å². The zero-order valence-electron chi connectivity index (χ0n) is 9.87. The largest absolute Gasteiger partial charge is 0.306 e. The third-order valence-corrected chi connectivity index (χ3v) is 3.63. The Labute approximate surface area is 99.9 Å².